The number of ether oxygens (including phenoxy) is 1. The van der Waals surface area contributed by atoms with Crippen LogP contribution in [0, 0.1) is 0 Å². The van der Waals surface area contributed by atoms with Crippen molar-refractivity contribution in [2.24, 2.45) is 0 Å². The van der Waals surface area contributed by atoms with Crippen LogP contribution in [0.5, 0.6) is 5.75 Å². The zero-order valence-electron chi connectivity index (χ0n) is 9.61. The van der Waals surface area contributed by atoms with Crippen molar-refractivity contribution in [3.05, 3.63) is 46.9 Å². The van der Waals surface area contributed by atoms with Gasteiger partial charge < -0.3 is 10.5 Å². The summed E-state index contributed by atoms with van der Waals surface area (Å²) in [4.78, 5) is 0. The highest BCUT2D eigenvalue weighted by atomic mass is 79.9. The fourth-order valence-electron chi connectivity index (χ4n) is 1.75. The van der Waals surface area contributed by atoms with Gasteiger partial charge in [0.15, 0.2) is 0 Å². The van der Waals surface area contributed by atoms with Gasteiger partial charge in [0.05, 0.1) is 6.61 Å². The molecule has 2 rings (SSSR count). The summed E-state index contributed by atoms with van der Waals surface area (Å²) in [5, 5.41) is 0. The first kappa shape index (κ1) is 12.0. The lowest BCUT2D eigenvalue weighted by molar-refractivity contribution is 0.341. The minimum absolute atomic E-state index is 0.653. The number of para-hydroxylation sites is 1. The highest BCUT2D eigenvalue weighted by molar-refractivity contribution is 9.10. The van der Waals surface area contributed by atoms with Crippen molar-refractivity contribution in [1.29, 1.82) is 0 Å². The third kappa shape index (κ3) is 2.80. The van der Waals surface area contributed by atoms with Gasteiger partial charge >= 0.3 is 0 Å². The first-order valence-corrected chi connectivity index (χ1v) is 6.28. The summed E-state index contributed by atoms with van der Waals surface area (Å²) in [6, 6.07) is 13.8. The first-order chi connectivity index (χ1) is 8.20. The maximum atomic E-state index is 5.85. The zero-order valence-corrected chi connectivity index (χ0v) is 11.2. The lowest BCUT2D eigenvalue weighted by Crippen LogP contribution is -1.94. The Morgan fingerprint density at radius 1 is 1.18 bits per heavy atom. The molecule has 0 saturated carbocycles. The van der Waals surface area contributed by atoms with Gasteiger partial charge in [0.1, 0.15) is 5.75 Å². The topological polar surface area (TPSA) is 35.2 Å². The molecular weight excluding hydrogens is 278 g/mol. The normalized spacial score (nSPS) is 10.2. The quantitative estimate of drug-likeness (QED) is 0.864. The fraction of sp³-hybridized carbons (Fsp3) is 0.143. The molecule has 2 aromatic carbocycles. The number of nitrogen functional groups attached to an aromatic ring is 1. The van der Waals surface area contributed by atoms with Crippen molar-refractivity contribution < 1.29 is 4.74 Å². The van der Waals surface area contributed by atoms with Crippen LogP contribution in [0.25, 0.3) is 11.1 Å². The molecule has 0 fully saturated rings. The van der Waals surface area contributed by atoms with Crippen LogP contribution in [0.1, 0.15) is 6.92 Å². The molecule has 0 unspecified atom stereocenters. The van der Waals surface area contributed by atoms with Gasteiger partial charge in [0, 0.05) is 15.7 Å². The van der Waals surface area contributed by atoms with Crippen LogP contribution in [-0.2, 0) is 0 Å². The van der Waals surface area contributed by atoms with Gasteiger partial charge in [-0.3, -0.25) is 0 Å². The number of benzene rings is 2. The van der Waals surface area contributed by atoms with Gasteiger partial charge in [0.2, 0.25) is 0 Å². The Balaban J connectivity index is 2.51. The fourth-order valence-corrected chi connectivity index (χ4v) is 2.27. The Kier molecular flexibility index (Phi) is 3.69. The monoisotopic (exact) mass is 291 g/mol. The predicted octanol–water partition coefficient (Wildman–Crippen LogP) is 4.10. The van der Waals surface area contributed by atoms with E-state index in [1.807, 2.05) is 49.4 Å². The number of rotatable bonds is 3. The van der Waals surface area contributed by atoms with E-state index in [2.05, 4.69) is 15.9 Å². The van der Waals surface area contributed by atoms with E-state index in [-0.39, 0.29) is 0 Å². The van der Waals surface area contributed by atoms with Crippen molar-refractivity contribution >= 4 is 21.6 Å². The van der Waals surface area contributed by atoms with Crippen LogP contribution in [0.15, 0.2) is 46.9 Å². The molecule has 0 aliphatic carbocycles. The van der Waals surface area contributed by atoms with E-state index >= 15 is 0 Å². The minimum atomic E-state index is 0.653. The van der Waals surface area contributed by atoms with Crippen LogP contribution in [0.4, 0.5) is 5.69 Å². The molecule has 0 spiro atoms. The molecule has 0 bridgehead atoms. The maximum absolute atomic E-state index is 5.85. The van der Waals surface area contributed by atoms with Crippen molar-refractivity contribution in [2.45, 2.75) is 6.92 Å². The van der Waals surface area contributed by atoms with Crippen molar-refractivity contribution in [3.63, 3.8) is 0 Å². The van der Waals surface area contributed by atoms with Crippen LogP contribution in [-0.4, -0.2) is 6.61 Å². The van der Waals surface area contributed by atoms with Gasteiger partial charge in [-0.25, -0.2) is 0 Å². The standard InChI is InChI=1S/C14H14BrNO/c1-2-17-14-6-4-3-5-13(14)10-7-11(15)9-12(16)8-10/h3-9H,2,16H2,1H3. The Hall–Kier alpha value is -1.48. The number of hydrogen-bond donors (Lipinski definition) is 1. The zero-order chi connectivity index (χ0) is 12.3. The number of anilines is 1. The van der Waals surface area contributed by atoms with Gasteiger partial charge in [-0.1, -0.05) is 34.1 Å². The summed E-state index contributed by atoms with van der Waals surface area (Å²) in [5.74, 6) is 0.882. The van der Waals surface area contributed by atoms with Gasteiger partial charge in [0.25, 0.3) is 0 Å². The Bertz CT molecular complexity index is 505. The molecule has 0 aliphatic rings. The molecule has 3 heteroatoms. The smallest absolute Gasteiger partial charge is 0.127 e. The molecule has 0 saturated heterocycles. The van der Waals surface area contributed by atoms with Crippen LogP contribution < -0.4 is 10.5 Å². The Labute approximate surface area is 110 Å². The molecule has 17 heavy (non-hydrogen) atoms. The van der Waals surface area contributed by atoms with E-state index < -0.39 is 0 Å². The molecule has 2 N–H and O–H groups in total. The third-order valence-electron chi connectivity index (χ3n) is 2.42. The summed E-state index contributed by atoms with van der Waals surface area (Å²) in [6.07, 6.45) is 0. The minimum Gasteiger partial charge on any atom is -0.493 e. The van der Waals surface area contributed by atoms with Crippen LogP contribution in [0.2, 0.25) is 0 Å². The molecule has 0 atom stereocenters. The number of nitrogens with two attached hydrogens (primary N) is 1. The highest BCUT2D eigenvalue weighted by Crippen LogP contribution is 2.32. The second-order valence-electron chi connectivity index (χ2n) is 3.70. The predicted molar refractivity (Wildman–Crippen MR) is 75.2 cm³/mol. The van der Waals surface area contributed by atoms with E-state index in [1.165, 1.54) is 0 Å². The van der Waals surface area contributed by atoms with Crippen molar-refractivity contribution in [3.8, 4) is 16.9 Å². The molecule has 88 valence electrons. The largest absolute Gasteiger partial charge is 0.493 e. The highest BCUT2D eigenvalue weighted by Gasteiger charge is 2.06. The molecular formula is C14H14BrNO. The first-order valence-electron chi connectivity index (χ1n) is 5.49. The Morgan fingerprint density at radius 3 is 2.65 bits per heavy atom. The summed E-state index contributed by atoms with van der Waals surface area (Å²) in [6.45, 7) is 2.63. The average Bonchev–Trinajstić information content (AvgIpc) is 2.29. The summed E-state index contributed by atoms with van der Waals surface area (Å²) >= 11 is 3.45. The van der Waals surface area contributed by atoms with Gasteiger partial charge in [-0.15, -0.1) is 0 Å². The van der Waals surface area contributed by atoms with Crippen LogP contribution in [0.3, 0.4) is 0 Å². The van der Waals surface area contributed by atoms with Gasteiger partial charge in [-0.2, -0.15) is 0 Å². The second kappa shape index (κ2) is 5.23. The molecule has 0 radical (unpaired) electrons. The Morgan fingerprint density at radius 2 is 1.94 bits per heavy atom. The van der Waals surface area contributed by atoms with Crippen molar-refractivity contribution in [1.82, 2.24) is 0 Å². The molecule has 2 nitrogen and oxygen atoms in total. The summed E-state index contributed by atoms with van der Waals surface area (Å²) in [7, 11) is 0. The lowest BCUT2D eigenvalue weighted by atomic mass is 10.0. The SMILES string of the molecule is CCOc1ccccc1-c1cc(N)cc(Br)c1. The van der Waals surface area contributed by atoms with Gasteiger partial charge in [-0.05, 0) is 36.8 Å². The van der Waals surface area contributed by atoms with E-state index in [4.69, 9.17) is 10.5 Å². The maximum Gasteiger partial charge on any atom is 0.127 e. The summed E-state index contributed by atoms with van der Waals surface area (Å²) < 4.78 is 6.59. The average molecular weight is 292 g/mol. The lowest BCUT2D eigenvalue weighted by Gasteiger charge is -2.11. The number of halogens is 1. The summed E-state index contributed by atoms with van der Waals surface area (Å²) in [5.41, 5.74) is 8.70. The van der Waals surface area contributed by atoms with Crippen molar-refractivity contribution in [2.75, 3.05) is 12.3 Å². The molecule has 0 aromatic heterocycles. The molecule has 0 heterocycles. The molecule has 2 aromatic rings. The van der Waals surface area contributed by atoms with E-state index in [0.717, 1.165) is 27.0 Å². The molecule has 0 amide bonds. The number of hydrogen-bond acceptors (Lipinski definition) is 2. The molecule has 0 aliphatic heterocycles. The third-order valence-corrected chi connectivity index (χ3v) is 2.88. The second-order valence-corrected chi connectivity index (χ2v) is 4.62. The van der Waals surface area contributed by atoms with E-state index in [0.29, 0.717) is 6.61 Å². The van der Waals surface area contributed by atoms with Crippen LogP contribution >= 0.6 is 15.9 Å². The van der Waals surface area contributed by atoms with E-state index in [9.17, 15) is 0 Å². The van der Waals surface area contributed by atoms with E-state index in [1.54, 1.807) is 0 Å².